The summed E-state index contributed by atoms with van der Waals surface area (Å²) in [4.78, 5) is 12.1. The minimum Gasteiger partial charge on any atom is -0.490 e. The summed E-state index contributed by atoms with van der Waals surface area (Å²) in [6.45, 7) is 3.22. The Morgan fingerprint density at radius 1 is 1.52 bits per heavy atom. The fourth-order valence-electron chi connectivity index (χ4n) is 2.95. The largest absolute Gasteiger partial charge is 0.490 e. The predicted octanol–water partition coefficient (Wildman–Crippen LogP) is 2.21. The van der Waals surface area contributed by atoms with Crippen LogP contribution in [0.15, 0.2) is 23.8 Å². The first kappa shape index (κ1) is 15.6. The third-order valence-corrected chi connectivity index (χ3v) is 4.11. The molecule has 2 aliphatic heterocycles. The summed E-state index contributed by atoms with van der Waals surface area (Å²) in [6, 6.07) is 7.71. The standard InChI is InChI=1S/C18H20N2O3/c1-12-7-14-8-13(4-5-17(14)23-12)9-15(10-19)18(21)20-11-16-3-2-6-22-16/h4-5,8-9,12,16H,2-3,6-7,11H2,1H3,(H,20,21)/b15-9+/t12-,16-/m1/s1. The van der Waals surface area contributed by atoms with E-state index in [1.807, 2.05) is 31.2 Å². The van der Waals surface area contributed by atoms with Gasteiger partial charge in [-0.05, 0) is 49.1 Å². The monoisotopic (exact) mass is 312 g/mol. The zero-order valence-corrected chi connectivity index (χ0v) is 13.2. The summed E-state index contributed by atoms with van der Waals surface area (Å²) in [5, 5.41) is 12.0. The van der Waals surface area contributed by atoms with Gasteiger partial charge in [0.2, 0.25) is 0 Å². The van der Waals surface area contributed by atoms with Crippen molar-refractivity contribution in [2.24, 2.45) is 0 Å². The molecule has 0 aliphatic carbocycles. The maximum absolute atomic E-state index is 12.1. The third kappa shape index (κ3) is 3.72. The molecule has 1 N–H and O–H groups in total. The molecule has 0 aromatic heterocycles. The molecule has 0 spiro atoms. The fraction of sp³-hybridized carbons (Fsp3) is 0.444. The van der Waals surface area contributed by atoms with Gasteiger partial charge < -0.3 is 14.8 Å². The Balaban J connectivity index is 1.67. The minimum atomic E-state index is -0.354. The second-order valence-corrected chi connectivity index (χ2v) is 6.01. The van der Waals surface area contributed by atoms with E-state index in [-0.39, 0.29) is 23.7 Å². The Morgan fingerprint density at radius 3 is 3.13 bits per heavy atom. The molecule has 1 aromatic rings. The molecule has 2 heterocycles. The molecule has 1 amide bonds. The second kappa shape index (κ2) is 6.84. The molecule has 0 unspecified atom stereocenters. The van der Waals surface area contributed by atoms with Crippen molar-refractivity contribution in [3.05, 3.63) is 34.9 Å². The van der Waals surface area contributed by atoms with Gasteiger partial charge in [0.05, 0.1) is 6.10 Å². The first-order valence-electron chi connectivity index (χ1n) is 7.97. The van der Waals surface area contributed by atoms with Crippen LogP contribution in [0.3, 0.4) is 0 Å². The Labute approximate surface area is 135 Å². The van der Waals surface area contributed by atoms with Crippen LogP contribution in [0.4, 0.5) is 0 Å². The summed E-state index contributed by atoms with van der Waals surface area (Å²) in [7, 11) is 0. The van der Waals surface area contributed by atoms with Crippen molar-refractivity contribution in [3.8, 4) is 11.8 Å². The van der Waals surface area contributed by atoms with Gasteiger partial charge in [-0.2, -0.15) is 5.26 Å². The lowest BCUT2D eigenvalue weighted by Gasteiger charge is -2.10. The van der Waals surface area contributed by atoms with Crippen LogP contribution in [-0.2, 0) is 16.0 Å². The minimum absolute atomic E-state index is 0.0672. The van der Waals surface area contributed by atoms with E-state index in [1.54, 1.807) is 6.08 Å². The number of hydrogen-bond donors (Lipinski definition) is 1. The number of nitriles is 1. The SMILES string of the molecule is C[C@@H]1Cc2cc(/C=C(\C#N)C(=O)NC[C@H]3CCCO3)ccc2O1. The van der Waals surface area contributed by atoms with Gasteiger partial charge in [-0.3, -0.25) is 4.79 Å². The lowest BCUT2D eigenvalue weighted by Crippen LogP contribution is -2.32. The Hall–Kier alpha value is -2.32. The van der Waals surface area contributed by atoms with Crippen molar-refractivity contribution < 1.29 is 14.3 Å². The van der Waals surface area contributed by atoms with E-state index < -0.39 is 0 Å². The molecule has 2 atom stereocenters. The summed E-state index contributed by atoms with van der Waals surface area (Å²) in [5.41, 5.74) is 2.06. The highest BCUT2D eigenvalue weighted by Crippen LogP contribution is 2.29. The second-order valence-electron chi connectivity index (χ2n) is 6.01. The van der Waals surface area contributed by atoms with E-state index in [4.69, 9.17) is 9.47 Å². The van der Waals surface area contributed by atoms with E-state index >= 15 is 0 Å². The van der Waals surface area contributed by atoms with Gasteiger partial charge in [0.1, 0.15) is 23.5 Å². The number of ether oxygens (including phenoxy) is 2. The molecule has 23 heavy (non-hydrogen) atoms. The molecular formula is C18H20N2O3. The Kier molecular flexibility index (Phi) is 4.63. The number of benzene rings is 1. The summed E-state index contributed by atoms with van der Waals surface area (Å²) >= 11 is 0. The van der Waals surface area contributed by atoms with Gasteiger partial charge in [0.25, 0.3) is 5.91 Å². The van der Waals surface area contributed by atoms with Crippen molar-refractivity contribution in [1.82, 2.24) is 5.32 Å². The van der Waals surface area contributed by atoms with Gasteiger partial charge >= 0.3 is 0 Å². The lowest BCUT2D eigenvalue weighted by molar-refractivity contribution is -0.117. The van der Waals surface area contributed by atoms with Crippen LogP contribution in [0.25, 0.3) is 6.08 Å². The van der Waals surface area contributed by atoms with Crippen LogP contribution >= 0.6 is 0 Å². The van der Waals surface area contributed by atoms with Crippen LogP contribution in [-0.4, -0.2) is 31.3 Å². The quantitative estimate of drug-likeness (QED) is 0.683. The van der Waals surface area contributed by atoms with Gasteiger partial charge in [-0.1, -0.05) is 6.07 Å². The molecule has 120 valence electrons. The predicted molar refractivity (Wildman–Crippen MR) is 85.8 cm³/mol. The van der Waals surface area contributed by atoms with Crippen LogP contribution in [0.2, 0.25) is 0 Å². The van der Waals surface area contributed by atoms with E-state index in [0.29, 0.717) is 6.54 Å². The highest BCUT2D eigenvalue weighted by atomic mass is 16.5. The average molecular weight is 312 g/mol. The summed E-state index contributed by atoms with van der Waals surface area (Å²) in [5.74, 6) is 0.532. The van der Waals surface area contributed by atoms with Gasteiger partial charge in [0.15, 0.2) is 0 Å². The first-order chi connectivity index (χ1) is 11.2. The van der Waals surface area contributed by atoms with Crippen LogP contribution in [0.5, 0.6) is 5.75 Å². The normalized spacial score (nSPS) is 23.0. The fourth-order valence-corrected chi connectivity index (χ4v) is 2.95. The molecule has 5 heteroatoms. The topological polar surface area (TPSA) is 71.4 Å². The number of hydrogen-bond acceptors (Lipinski definition) is 4. The number of nitrogens with zero attached hydrogens (tertiary/aromatic N) is 1. The highest BCUT2D eigenvalue weighted by molar-refractivity contribution is 6.01. The summed E-state index contributed by atoms with van der Waals surface area (Å²) in [6.07, 6.45) is 4.69. The molecule has 1 aromatic carbocycles. The first-order valence-corrected chi connectivity index (χ1v) is 7.97. The highest BCUT2D eigenvalue weighted by Gasteiger charge is 2.20. The maximum Gasteiger partial charge on any atom is 0.262 e. The van der Waals surface area contributed by atoms with Crippen molar-refractivity contribution in [2.75, 3.05) is 13.2 Å². The zero-order valence-electron chi connectivity index (χ0n) is 13.2. The smallest absolute Gasteiger partial charge is 0.262 e. The Morgan fingerprint density at radius 2 is 2.39 bits per heavy atom. The molecule has 1 saturated heterocycles. The van der Waals surface area contributed by atoms with Crippen molar-refractivity contribution in [3.63, 3.8) is 0 Å². The van der Waals surface area contributed by atoms with E-state index in [0.717, 1.165) is 42.7 Å². The van der Waals surface area contributed by atoms with Crippen LogP contribution in [0.1, 0.15) is 30.9 Å². The molecule has 3 rings (SSSR count). The third-order valence-electron chi connectivity index (χ3n) is 4.11. The summed E-state index contributed by atoms with van der Waals surface area (Å²) < 4.78 is 11.1. The molecule has 2 aliphatic rings. The van der Waals surface area contributed by atoms with Crippen molar-refractivity contribution in [1.29, 1.82) is 5.26 Å². The number of carbonyl (C=O) groups excluding carboxylic acids is 1. The van der Waals surface area contributed by atoms with Crippen LogP contribution < -0.4 is 10.1 Å². The number of nitrogens with one attached hydrogen (secondary N) is 1. The maximum atomic E-state index is 12.1. The number of carbonyl (C=O) groups is 1. The number of fused-ring (bicyclic) bond motifs is 1. The number of rotatable bonds is 4. The van der Waals surface area contributed by atoms with E-state index in [9.17, 15) is 10.1 Å². The van der Waals surface area contributed by atoms with Crippen molar-refractivity contribution in [2.45, 2.75) is 38.4 Å². The zero-order chi connectivity index (χ0) is 16.2. The van der Waals surface area contributed by atoms with Crippen molar-refractivity contribution >= 4 is 12.0 Å². The molecule has 0 radical (unpaired) electrons. The molecular weight excluding hydrogens is 292 g/mol. The molecule has 0 bridgehead atoms. The molecule has 0 saturated carbocycles. The lowest BCUT2D eigenvalue weighted by atomic mass is 10.0. The number of amides is 1. The van der Waals surface area contributed by atoms with Gasteiger partial charge in [0, 0.05) is 19.6 Å². The molecule has 1 fully saturated rings. The van der Waals surface area contributed by atoms with Gasteiger partial charge in [-0.25, -0.2) is 0 Å². The van der Waals surface area contributed by atoms with Gasteiger partial charge in [-0.15, -0.1) is 0 Å². The van der Waals surface area contributed by atoms with E-state index in [1.165, 1.54) is 0 Å². The average Bonchev–Trinajstić information content (AvgIpc) is 3.18. The molecule has 5 nitrogen and oxygen atoms in total. The Bertz CT molecular complexity index is 669. The van der Waals surface area contributed by atoms with Crippen LogP contribution in [0, 0.1) is 11.3 Å². The van der Waals surface area contributed by atoms with E-state index in [2.05, 4.69) is 5.32 Å².